The van der Waals surface area contributed by atoms with Gasteiger partial charge in [0.1, 0.15) is 0 Å². The van der Waals surface area contributed by atoms with Gasteiger partial charge in [0.05, 0.1) is 23.3 Å². The summed E-state index contributed by atoms with van der Waals surface area (Å²) >= 11 is 0. The summed E-state index contributed by atoms with van der Waals surface area (Å²) in [5.74, 6) is -5.07. The zero-order chi connectivity index (χ0) is 21.3. The summed E-state index contributed by atoms with van der Waals surface area (Å²) in [7, 11) is 0. The van der Waals surface area contributed by atoms with E-state index in [1.54, 1.807) is 6.07 Å². The van der Waals surface area contributed by atoms with Gasteiger partial charge in [0, 0.05) is 18.4 Å². The van der Waals surface area contributed by atoms with E-state index in [1.807, 2.05) is 42.5 Å². The van der Waals surface area contributed by atoms with Crippen LogP contribution in [0.15, 0.2) is 60.7 Å². The van der Waals surface area contributed by atoms with E-state index in [0.717, 1.165) is 5.56 Å². The van der Waals surface area contributed by atoms with Crippen molar-refractivity contribution in [3.05, 3.63) is 71.8 Å². The van der Waals surface area contributed by atoms with Crippen molar-refractivity contribution in [2.45, 2.75) is 13.0 Å². The number of allylic oxidation sites excluding steroid dienone is 2. The smallest absolute Gasteiger partial charge is 0.228 e. The Morgan fingerprint density at radius 1 is 0.900 bits per heavy atom. The summed E-state index contributed by atoms with van der Waals surface area (Å²) in [4.78, 5) is 35.9. The summed E-state index contributed by atoms with van der Waals surface area (Å²) in [6.45, 7) is 0.465. The number of carbonyl (C=O) groups excluding carboxylic acids is 3. The van der Waals surface area contributed by atoms with Crippen LogP contribution in [0.4, 0.5) is 11.4 Å². The molecule has 0 heterocycles. The molecule has 0 spiro atoms. The molecule has 1 fully saturated rings. The van der Waals surface area contributed by atoms with Gasteiger partial charge in [0.2, 0.25) is 5.91 Å². The molecule has 2 bridgehead atoms. The number of aromatic carboxylic acids is 1. The quantitative estimate of drug-likeness (QED) is 0.658. The maximum Gasteiger partial charge on any atom is 0.228 e. The second-order valence-corrected chi connectivity index (χ2v) is 7.70. The third kappa shape index (κ3) is 3.78. The van der Waals surface area contributed by atoms with Gasteiger partial charge < -0.3 is 30.4 Å². The zero-order valence-corrected chi connectivity index (χ0v) is 16.0. The minimum Gasteiger partial charge on any atom is -0.550 e. The lowest BCUT2D eigenvalue weighted by Gasteiger charge is -2.28. The third-order valence-electron chi connectivity index (χ3n) is 5.87. The van der Waals surface area contributed by atoms with E-state index in [-0.39, 0.29) is 23.1 Å². The van der Waals surface area contributed by atoms with E-state index in [9.17, 15) is 24.6 Å². The Kier molecular flexibility index (Phi) is 5.27. The van der Waals surface area contributed by atoms with Crippen LogP contribution >= 0.6 is 0 Å². The van der Waals surface area contributed by atoms with Crippen molar-refractivity contribution in [1.29, 1.82) is 0 Å². The lowest BCUT2D eigenvalue weighted by molar-refractivity contribution is -0.313. The van der Waals surface area contributed by atoms with E-state index < -0.39 is 29.7 Å². The average Bonchev–Trinajstić information content (AvgIpc) is 3.35. The molecule has 1 saturated carbocycles. The highest BCUT2D eigenvalue weighted by atomic mass is 16.4. The molecule has 7 heteroatoms. The molecule has 4 atom stereocenters. The first-order chi connectivity index (χ1) is 14.4. The number of fused-ring (bicyclic) bond motifs is 2. The van der Waals surface area contributed by atoms with Crippen LogP contribution in [0, 0.1) is 23.7 Å². The van der Waals surface area contributed by atoms with Gasteiger partial charge in [-0.1, -0.05) is 48.6 Å². The Balaban J connectivity index is 1.57. The lowest BCUT2D eigenvalue weighted by Crippen LogP contribution is -2.43. The van der Waals surface area contributed by atoms with E-state index in [4.69, 9.17) is 0 Å². The second-order valence-electron chi connectivity index (χ2n) is 7.70. The maximum absolute atomic E-state index is 13.0. The van der Waals surface area contributed by atoms with Crippen LogP contribution in [0.3, 0.4) is 0 Å². The predicted molar refractivity (Wildman–Crippen MR) is 106 cm³/mol. The van der Waals surface area contributed by atoms with Crippen molar-refractivity contribution in [3.8, 4) is 0 Å². The molecule has 0 aromatic heterocycles. The van der Waals surface area contributed by atoms with Crippen LogP contribution in [-0.4, -0.2) is 17.8 Å². The van der Waals surface area contributed by atoms with Crippen LogP contribution < -0.4 is 20.8 Å². The maximum atomic E-state index is 13.0. The number of carboxylic acids is 2. The van der Waals surface area contributed by atoms with Crippen molar-refractivity contribution in [2.24, 2.45) is 23.7 Å². The van der Waals surface area contributed by atoms with Crippen molar-refractivity contribution < 1.29 is 24.6 Å². The summed E-state index contributed by atoms with van der Waals surface area (Å²) in [5.41, 5.74) is 1.72. The molecule has 0 aliphatic heterocycles. The normalized spacial score (nSPS) is 23.9. The number of nitrogens with one attached hydrogen (secondary N) is 2. The zero-order valence-electron chi connectivity index (χ0n) is 16.0. The van der Waals surface area contributed by atoms with E-state index in [0.29, 0.717) is 18.7 Å². The highest BCUT2D eigenvalue weighted by Gasteiger charge is 2.48. The molecule has 1 amide bonds. The first kappa shape index (κ1) is 19.7. The van der Waals surface area contributed by atoms with Gasteiger partial charge in [0.25, 0.3) is 0 Å². The number of carboxylic acid groups (broad SMARTS) is 2. The third-order valence-corrected chi connectivity index (χ3v) is 5.87. The molecule has 30 heavy (non-hydrogen) atoms. The van der Waals surface area contributed by atoms with Crippen LogP contribution in [0.5, 0.6) is 0 Å². The Hall–Kier alpha value is -3.61. The van der Waals surface area contributed by atoms with Gasteiger partial charge in [-0.05, 0) is 41.5 Å². The van der Waals surface area contributed by atoms with Crippen LogP contribution in [0.2, 0.25) is 0 Å². The fourth-order valence-electron chi connectivity index (χ4n) is 4.44. The first-order valence-corrected chi connectivity index (χ1v) is 9.77. The standard InChI is InChI=1S/C23H22N2O5/c26-21(19-14-6-7-15(10-14)20(19)23(29)30)25-18-11-16(22(27)28)8-9-17(18)24-12-13-4-2-1-3-5-13/h1-9,11,14-15,19-20,24H,10,12H2,(H,25,26)(H,27,28)(H,29,30)/p-2/t14-,15-,19-,20-/m0/s1. The number of benzene rings is 2. The van der Waals surface area contributed by atoms with Crippen LogP contribution in [0.25, 0.3) is 0 Å². The van der Waals surface area contributed by atoms with E-state index >= 15 is 0 Å². The Labute approximate surface area is 173 Å². The van der Waals surface area contributed by atoms with Crippen LogP contribution in [0.1, 0.15) is 22.3 Å². The molecule has 2 aromatic carbocycles. The minimum atomic E-state index is -1.37. The number of rotatable bonds is 7. The summed E-state index contributed by atoms with van der Waals surface area (Å²) < 4.78 is 0. The van der Waals surface area contributed by atoms with Crippen LogP contribution in [-0.2, 0) is 16.1 Å². The number of carbonyl (C=O) groups is 3. The number of anilines is 2. The Morgan fingerprint density at radius 3 is 2.27 bits per heavy atom. The first-order valence-electron chi connectivity index (χ1n) is 9.77. The lowest BCUT2D eigenvalue weighted by atomic mass is 9.82. The van der Waals surface area contributed by atoms with Crippen molar-refractivity contribution >= 4 is 29.2 Å². The Morgan fingerprint density at radius 2 is 1.60 bits per heavy atom. The largest absolute Gasteiger partial charge is 0.550 e. The number of hydrogen-bond acceptors (Lipinski definition) is 6. The molecule has 2 aliphatic carbocycles. The number of hydrogen-bond donors (Lipinski definition) is 2. The highest BCUT2D eigenvalue weighted by molar-refractivity contribution is 6.00. The summed E-state index contributed by atoms with van der Waals surface area (Å²) in [6, 6.07) is 13.9. The molecule has 4 rings (SSSR count). The van der Waals surface area contributed by atoms with Crippen molar-refractivity contribution in [3.63, 3.8) is 0 Å². The van der Waals surface area contributed by atoms with E-state index in [2.05, 4.69) is 10.6 Å². The molecule has 154 valence electrons. The molecule has 2 aliphatic rings. The van der Waals surface area contributed by atoms with Gasteiger partial charge in [0.15, 0.2) is 0 Å². The molecular weight excluding hydrogens is 384 g/mol. The SMILES string of the molecule is O=C([O-])c1ccc(NCc2ccccc2)c(NC(=O)[C@@H]2[C@@H](C(=O)[O-])[C@H]3C=C[C@H]2C3)c1. The van der Waals surface area contributed by atoms with E-state index in [1.165, 1.54) is 12.1 Å². The topological polar surface area (TPSA) is 121 Å². The molecule has 0 radical (unpaired) electrons. The highest BCUT2D eigenvalue weighted by Crippen LogP contribution is 2.48. The van der Waals surface area contributed by atoms with Gasteiger partial charge in [-0.25, -0.2) is 0 Å². The molecule has 0 unspecified atom stereocenters. The molecule has 7 nitrogen and oxygen atoms in total. The molecular formula is C23H20N2O5-2. The van der Waals surface area contributed by atoms with Gasteiger partial charge in [-0.15, -0.1) is 0 Å². The minimum absolute atomic E-state index is 0.0835. The number of amides is 1. The monoisotopic (exact) mass is 404 g/mol. The molecule has 2 N–H and O–H groups in total. The summed E-state index contributed by atoms with van der Waals surface area (Å²) in [5, 5.41) is 28.8. The fraction of sp³-hybridized carbons (Fsp3) is 0.261. The average molecular weight is 404 g/mol. The molecule has 0 saturated heterocycles. The van der Waals surface area contributed by atoms with Gasteiger partial charge in [-0.2, -0.15) is 0 Å². The molecule has 2 aromatic rings. The van der Waals surface area contributed by atoms with Gasteiger partial charge in [-0.3, -0.25) is 4.79 Å². The van der Waals surface area contributed by atoms with Gasteiger partial charge >= 0.3 is 0 Å². The second kappa shape index (κ2) is 8.02. The number of aliphatic carboxylic acids is 1. The summed E-state index contributed by atoms with van der Waals surface area (Å²) in [6.07, 6.45) is 4.31. The predicted octanol–water partition coefficient (Wildman–Crippen LogP) is 0.789. The fourth-order valence-corrected chi connectivity index (χ4v) is 4.44. The Bertz CT molecular complexity index is 1020. The van der Waals surface area contributed by atoms with Crippen molar-refractivity contribution in [1.82, 2.24) is 0 Å². The van der Waals surface area contributed by atoms with Crippen molar-refractivity contribution in [2.75, 3.05) is 10.6 Å².